The van der Waals surface area contributed by atoms with Gasteiger partial charge < -0.3 is 14.6 Å². The number of rotatable bonds is 4. The Hall–Kier alpha value is -3.19. The Balaban J connectivity index is 1.43. The maximum atomic E-state index is 13.1. The number of aromatic nitrogens is 2. The van der Waals surface area contributed by atoms with Crippen LogP contribution in [0.1, 0.15) is 37.7 Å². The van der Waals surface area contributed by atoms with E-state index >= 15 is 0 Å². The molecule has 30 heavy (non-hydrogen) atoms. The molecule has 1 fully saturated rings. The summed E-state index contributed by atoms with van der Waals surface area (Å²) in [6.45, 7) is 7.24. The van der Waals surface area contributed by atoms with Crippen molar-refractivity contribution in [2.45, 2.75) is 20.4 Å². The topological polar surface area (TPSA) is 78.5 Å². The Morgan fingerprint density at radius 2 is 1.83 bits per heavy atom. The summed E-state index contributed by atoms with van der Waals surface area (Å²) in [5.74, 6) is -0.494. The Kier molecular flexibility index (Phi) is 5.55. The van der Waals surface area contributed by atoms with Crippen molar-refractivity contribution in [1.29, 1.82) is 0 Å². The third-order valence-electron chi connectivity index (χ3n) is 5.81. The number of benzene rings is 1. The monoisotopic (exact) mass is 406 g/mol. The van der Waals surface area contributed by atoms with E-state index in [1.165, 1.54) is 12.7 Å². The van der Waals surface area contributed by atoms with Gasteiger partial charge in [-0.15, -0.1) is 0 Å². The molecule has 1 amide bonds. The number of carbonyl (C=O) groups excluding carboxylic acids is 2. The van der Waals surface area contributed by atoms with E-state index in [0.717, 1.165) is 30.5 Å². The average molecular weight is 406 g/mol. The predicted molar refractivity (Wildman–Crippen MR) is 115 cm³/mol. The minimum absolute atomic E-state index is 0.0720. The van der Waals surface area contributed by atoms with Crippen LogP contribution in [0.3, 0.4) is 0 Å². The molecule has 1 N–H and O–H groups in total. The molecule has 4 rings (SSSR count). The van der Waals surface area contributed by atoms with Gasteiger partial charge in [-0.3, -0.25) is 14.7 Å². The molecule has 7 nitrogen and oxygen atoms in total. The number of amides is 1. The molecule has 0 bridgehead atoms. The third kappa shape index (κ3) is 3.68. The summed E-state index contributed by atoms with van der Waals surface area (Å²) in [5, 5.41) is 1.14. The van der Waals surface area contributed by atoms with Crippen LogP contribution in [0.2, 0.25) is 0 Å². The number of methoxy groups -OCH3 is 1. The van der Waals surface area contributed by atoms with Gasteiger partial charge in [0.2, 0.25) is 0 Å². The quantitative estimate of drug-likeness (QED) is 0.674. The van der Waals surface area contributed by atoms with E-state index in [1.54, 1.807) is 13.8 Å². The number of fused-ring (bicyclic) bond motifs is 1. The molecule has 1 aliphatic heterocycles. The minimum Gasteiger partial charge on any atom is -0.465 e. The third-order valence-corrected chi connectivity index (χ3v) is 5.81. The van der Waals surface area contributed by atoms with Crippen molar-refractivity contribution >= 4 is 22.8 Å². The molecule has 3 aromatic rings. The van der Waals surface area contributed by atoms with E-state index in [-0.39, 0.29) is 5.91 Å². The molecule has 1 aromatic carbocycles. The zero-order valence-corrected chi connectivity index (χ0v) is 17.6. The Morgan fingerprint density at radius 3 is 2.57 bits per heavy atom. The van der Waals surface area contributed by atoms with Gasteiger partial charge in [0.25, 0.3) is 5.91 Å². The maximum Gasteiger partial charge on any atom is 0.339 e. The number of H-pyrrole nitrogens is 1. The molecular formula is C23H26N4O3. The van der Waals surface area contributed by atoms with Crippen LogP contribution >= 0.6 is 0 Å². The van der Waals surface area contributed by atoms with Crippen LogP contribution < -0.4 is 0 Å². The molecule has 0 spiro atoms. The smallest absolute Gasteiger partial charge is 0.339 e. The first-order valence-corrected chi connectivity index (χ1v) is 10.1. The maximum absolute atomic E-state index is 13.1. The summed E-state index contributed by atoms with van der Waals surface area (Å²) in [7, 11) is 1.35. The number of carbonyl (C=O) groups is 2. The first-order chi connectivity index (χ1) is 14.5. The first-order valence-electron chi connectivity index (χ1n) is 10.1. The fourth-order valence-electron chi connectivity index (χ4n) is 4.18. The summed E-state index contributed by atoms with van der Waals surface area (Å²) in [6, 6.07) is 10.3. The van der Waals surface area contributed by atoms with Gasteiger partial charge in [-0.2, -0.15) is 0 Å². The lowest BCUT2D eigenvalue weighted by Gasteiger charge is -2.34. The van der Waals surface area contributed by atoms with Crippen LogP contribution in [0.25, 0.3) is 10.9 Å². The van der Waals surface area contributed by atoms with Crippen LogP contribution in [-0.4, -0.2) is 64.9 Å². The van der Waals surface area contributed by atoms with Crippen LogP contribution in [0.5, 0.6) is 0 Å². The number of nitrogens with zero attached hydrogens (tertiary/aromatic N) is 3. The molecule has 3 heterocycles. The Bertz CT molecular complexity index is 1090. The lowest BCUT2D eigenvalue weighted by atomic mass is 10.1. The molecule has 156 valence electrons. The second kappa shape index (κ2) is 8.28. The second-order valence-electron chi connectivity index (χ2n) is 7.68. The van der Waals surface area contributed by atoms with E-state index in [9.17, 15) is 9.59 Å². The van der Waals surface area contributed by atoms with Crippen molar-refractivity contribution in [3.63, 3.8) is 0 Å². The number of aryl methyl sites for hydroxylation is 1. The van der Waals surface area contributed by atoms with E-state index < -0.39 is 5.97 Å². The molecule has 0 aliphatic carbocycles. The molecule has 7 heteroatoms. The van der Waals surface area contributed by atoms with Gasteiger partial charge in [0.1, 0.15) is 5.69 Å². The Morgan fingerprint density at radius 1 is 1.10 bits per heavy atom. The van der Waals surface area contributed by atoms with Crippen LogP contribution in [-0.2, 0) is 11.3 Å². The molecule has 0 saturated carbocycles. The Labute approximate surface area is 175 Å². The lowest BCUT2D eigenvalue weighted by Crippen LogP contribution is -2.48. The number of esters is 1. The van der Waals surface area contributed by atoms with E-state index in [1.807, 2.05) is 17.2 Å². The van der Waals surface area contributed by atoms with Gasteiger partial charge in [-0.05, 0) is 31.0 Å². The minimum atomic E-state index is -0.422. The number of piperazine rings is 1. The van der Waals surface area contributed by atoms with Gasteiger partial charge in [0.05, 0.1) is 18.2 Å². The van der Waals surface area contributed by atoms with Crippen molar-refractivity contribution in [1.82, 2.24) is 19.8 Å². The van der Waals surface area contributed by atoms with Gasteiger partial charge in [-0.1, -0.05) is 24.3 Å². The highest BCUT2D eigenvalue weighted by Crippen LogP contribution is 2.22. The summed E-state index contributed by atoms with van der Waals surface area (Å²) in [6.07, 6.45) is 1.83. The average Bonchev–Trinajstić information content (AvgIpc) is 3.07. The van der Waals surface area contributed by atoms with Crippen LogP contribution in [0.15, 0.2) is 36.5 Å². The van der Waals surface area contributed by atoms with Crippen molar-refractivity contribution < 1.29 is 14.3 Å². The van der Waals surface area contributed by atoms with Crippen molar-refractivity contribution in [2.24, 2.45) is 0 Å². The largest absolute Gasteiger partial charge is 0.465 e. The zero-order chi connectivity index (χ0) is 21.3. The fourth-order valence-corrected chi connectivity index (χ4v) is 4.18. The first kappa shape index (κ1) is 20.1. The number of ether oxygens (including phenoxy) is 1. The van der Waals surface area contributed by atoms with Gasteiger partial charge in [0, 0.05) is 50.0 Å². The number of pyridine rings is 1. The molecular weight excluding hydrogens is 380 g/mol. The summed E-state index contributed by atoms with van der Waals surface area (Å²) in [4.78, 5) is 36.9. The molecule has 1 saturated heterocycles. The fraction of sp³-hybridized carbons (Fsp3) is 0.348. The molecule has 1 aliphatic rings. The molecule has 0 unspecified atom stereocenters. The van der Waals surface area contributed by atoms with E-state index in [2.05, 4.69) is 39.1 Å². The summed E-state index contributed by atoms with van der Waals surface area (Å²) < 4.78 is 4.84. The van der Waals surface area contributed by atoms with Crippen molar-refractivity contribution in [3.05, 3.63) is 64.6 Å². The van der Waals surface area contributed by atoms with E-state index in [0.29, 0.717) is 35.6 Å². The van der Waals surface area contributed by atoms with Gasteiger partial charge in [-0.25, -0.2) is 4.79 Å². The second-order valence-corrected chi connectivity index (χ2v) is 7.68. The van der Waals surface area contributed by atoms with E-state index in [4.69, 9.17) is 4.74 Å². The molecule has 0 atom stereocenters. The van der Waals surface area contributed by atoms with Gasteiger partial charge in [0.15, 0.2) is 0 Å². The normalized spacial score (nSPS) is 14.8. The standard InChI is InChI=1S/C23H26N4O3/c1-15-19(23(29)30-3)16(2)25-20(15)22(28)27-12-10-26(11-13-27)14-18-7-4-6-17-8-5-9-24-21(17)18/h4-9,25H,10-14H2,1-3H3. The molecule has 0 radical (unpaired) electrons. The highest BCUT2D eigenvalue weighted by molar-refractivity contribution is 6.00. The number of aromatic amines is 1. The highest BCUT2D eigenvalue weighted by Gasteiger charge is 2.28. The summed E-state index contributed by atoms with van der Waals surface area (Å²) in [5.41, 5.74) is 4.46. The highest BCUT2D eigenvalue weighted by atomic mass is 16.5. The number of nitrogens with one attached hydrogen (secondary N) is 1. The molecule has 2 aromatic heterocycles. The summed E-state index contributed by atoms with van der Waals surface area (Å²) >= 11 is 0. The van der Waals surface area contributed by atoms with Crippen molar-refractivity contribution in [2.75, 3.05) is 33.3 Å². The number of hydrogen-bond donors (Lipinski definition) is 1. The predicted octanol–water partition coefficient (Wildman–Crippen LogP) is 2.92. The van der Waals surface area contributed by atoms with Crippen LogP contribution in [0, 0.1) is 13.8 Å². The lowest BCUT2D eigenvalue weighted by molar-refractivity contribution is 0.0599. The van der Waals surface area contributed by atoms with Gasteiger partial charge >= 0.3 is 5.97 Å². The number of para-hydroxylation sites is 1. The van der Waals surface area contributed by atoms with Crippen molar-refractivity contribution in [3.8, 4) is 0 Å². The zero-order valence-electron chi connectivity index (χ0n) is 17.6. The number of hydrogen-bond acceptors (Lipinski definition) is 5. The SMILES string of the molecule is COC(=O)c1c(C)[nH]c(C(=O)N2CCN(Cc3cccc4cccnc34)CC2)c1C. The van der Waals surface area contributed by atoms with Crippen LogP contribution in [0.4, 0.5) is 0 Å².